The van der Waals surface area contributed by atoms with Gasteiger partial charge in [-0.05, 0) is 48.2 Å². The highest BCUT2D eigenvalue weighted by molar-refractivity contribution is 6.31. The topological polar surface area (TPSA) is 54.8 Å². The Morgan fingerprint density at radius 3 is 2.44 bits per heavy atom. The van der Waals surface area contributed by atoms with E-state index in [2.05, 4.69) is 30.5 Å². The molecule has 3 rings (SSSR count). The summed E-state index contributed by atoms with van der Waals surface area (Å²) in [5.41, 5.74) is 2.70. The first-order valence-electron chi connectivity index (χ1n) is 12.4. The third-order valence-corrected chi connectivity index (χ3v) is 6.29. The Kier molecular flexibility index (Phi) is 10.6. The fourth-order valence-electron chi connectivity index (χ4n) is 3.95. The van der Waals surface area contributed by atoms with Crippen LogP contribution >= 0.6 is 11.6 Å². The summed E-state index contributed by atoms with van der Waals surface area (Å²) in [6, 6.07) is 21.1. The monoisotopic (exact) mass is 509 g/mol. The van der Waals surface area contributed by atoms with E-state index in [4.69, 9.17) is 16.3 Å². The van der Waals surface area contributed by atoms with Gasteiger partial charge in [-0.1, -0.05) is 61.8 Å². The molecular weight excluding hydrogens is 474 g/mol. The minimum atomic E-state index is -0.189. The van der Waals surface area contributed by atoms with Crippen molar-refractivity contribution in [2.24, 2.45) is 5.92 Å². The third kappa shape index (κ3) is 8.25. The average Bonchev–Trinajstić information content (AvgIpc) is 3.30. The van der Waals surface area contributed by atoms with Crippen LogP contribution in [-0.4, -0.2) is 59.5 Å². The second-order valence-electron chi connectivity index (χ2n) is 9.34. The maximum atomic E-state index is 13.5. The zero-order chi connectivity index (χ0) is 25.9. The van der Waals surface area contributed by atoms with E-state index in [-0.39, 0.29) is 18.4 Å². The van der Waals surface area contributed by atoms with Crippen molar-refractivity contribution in [3.63, 3.8) is 0 Å². The zero-order valence-corrected chi connectivity index (χ0v) is 22.2. The zero-order valence-electron chi connectivity index (χ0n) is 21.4. The first kappa shape index (κ1) is 27.5. The maximum Gasteiger partial charge on any atom is 0.254 e. The number of ether oxygens (including phenoxy) is 1. The van der Waals surface area contributed by atoms with Gasteiger partial charge in [-0.3, -0.25) is 9.59 Å². The van der Waals surface area contributed by atoms with E-state index >= 15 is 0 Å². The van der Waals surface area contributed by atoms with Crippen molar-refractivity contribution in [1.82, 2.24) is 14.4 Å². The number of hydrogen-bond acceptors (Lipinski definition) is 3. The molecule has 0 N–H and O–H groups in total. The van der Waals surface area contributed by atoms with Crippen LogP contribution in [0.5, 0.6) is 0 Å². The van der Waals surface area contributed by atoms with Crippen molar-refractivity contribution in [2.75, 3.05) is 33.4 Å². The molecule has 0 aliphatic heterocycles. The molecule has 0 saturated carbocycles. The molecule has 0 aliphatic rings. The smallest absolute Gasteiger partial charge is 0.254 e. The van der Waals surface area contributed by atoms with Crippen molar-refractivity contribution in [3.05, 3.63) is 94.8 Å². The molecule has 0 saturated heterocycles. The maximum absolute atomic E-state index is 13.5. The lowest BCUT2D eigenvalue weighted by molar-refractivity contribution is -0.133. The van der Waals surface area contributed by atoms with Crippen molar-refractivity contribution in [2.45, 2.75) is 33.4 Å². The summed E-state index contributed by atoms with van der Waals surface area (Å²) in [6.45, 7) is 6.73. The average molecular weight is 510 g/mol. The number of carbonyl (C=O) groups excluding carboxylic acids is 2. The SMILES string of the molecule is COCCN(Cc1cccn1Cc1ccccc1)C(=O)CN(CCC(C)C)C(=O)c1cccc(Cl)c1. The number of nitrogens with zero attached hydrogens (tertiary/aromatic N) is 3. The number of halogens is 1. The van der Waals surface area contributed by atoms with Crippen LogP contribution in [0.2, 0.25) is 5.02 Å². The molecule has 1 heterocycles. The molecule has 0 unspecified atom stereocenters. The van der Waals surface area contributed by atoms with E-state index in [0.717, 1.165) is 18.7 Å². The van der Waals surface area contributed by atoms with Gasteiger partial charge < -0.3 is 19.1 Å². The Hall–Kier alpha value is -3.09. The minimum Gasteiger partial charge on any atom is -0.383 e. The summed E-state index contributed by atoms with van der Waals surface area (Å²) in [5, 5.41) is 0.497. The number of methoxy groups -OCH3 is 1. The molecule has 0 spiro atoms. The fourth-order valence-corrected chi connectivity index (χ4v) is 4.14. The summed E-state index contributed by atoms with van der Waals surface area (Å²) >= 11 is 6.12. The summed E-state index contributed by atoms with van der Waals surface area (Å²) < 4.78 is 7.43. The van der Waals surface area contributed by atoms with Crippen molar-refractivity contribution in [3.8, 4) is 0 Å². The molecular formula is C29H36ClN3O3. The van der Waals surface area contributed by atoms with Crippen LogP contribution in [0.25, 0.3) is 0 Å². The van der Waals surface area contributed by atoms with E-state index < -0.39 is 0 Å². The Labute approximate surface area is 219 Å². The van der Waals surface area contributed by atoms with Crippen molar-refractivity contribution < 1.29 is 14.3 Å². The number of hydrogen-bond donors (Lipinski definition) is 0. The molecule has 3 aromatic rings. The van der Waals surface area contributed by atoms with Gasteiger partial charge in [0, 0.05) is 49.2 Å². The summed E-state index contributed by atoms with van der Waals surface area (Å²) in [5.74, 6) is 0.102. The Morgan fingerprint density at radius 2 is 1.75 bits per heavy atom. The quantitative estimate of drug-likeness (QED) is 0.312. The lowest BCUT2D eigenvalue weighted by Gasteiger charge is -2.28. The lowest BCUT2D eigenvalue weighted by Crippen LogP contribution is -2.44. The van der Waals surface area contributed by atoms with Crippen molar-refractivity contribution >= 4 is 23.4 Å². The predicted molar refractivity (Wildman–Crippen MR) is 144 cm³/mol. The molecule has 2 amide bonds. The van der Waals surface area contributed by atoms with E-state index in [1.54, 1.807) is 41.2 Å². The summed E-state index contributed by atoms with van der Waals surface area (Å²) in [6.07, 6.45) is 2.83. The number of amides is 2. The normalized spacial score (nSPS) is 11.0. The van der Waals surface area contributed by atoms with E-state index in [1.807, 2.05) is 36.5 Å². The molecule has 0 radical (unpaired) electrons. The molecule has 36 heavy (non-hydrogen) atoms. The van der Waals surface area contributed by atoms with Gasteiger partial charge in [0.25, 0.3) is 5.91 Å². The van der Waals surface area contributed by atoms with Crippen LogP contribution in [0.1, 0.15) is 41.9 Å². The standard InChI is InChI=1S/C29H36ClN3O3/c1-23(2)14-16-33(29(35)25-11-7-12-26(30)19-25)22-28(34)32(17-18-36-3)21-27-13-8-15-31(27)20-24-9-5-4-6-10-24/h4-13,15,19,23H,14,16-18,20-22H2,1-3H3. The van der Waals surface area contributed by atoms with Crippen LogP contribution in [0.4, 0.5) is 0 Å². The molecule has 0 aliphatic carbocycles. The van der Waals surface area contributed by atoms with Gasteiger partial charge >= 0.3 is 0 Å². The number of rotatable bonds is 13. The highest BCUT2D eigenvalue weighted by Gasteiger charge is 2.23. The van der Waals surface area contributed by atoms with E-state index in [9.17, 15) is 9.59 Å². The Morgan fingerprint density at radius 1 is 0.972 bits per heavy atom. The first-order chi connectivity index (χ1) is 17.4. The molecule has 2 aromatic carbocycles. The second kappa shape index (κ2) is 13.9. The van der Waals surface area contributed by atoms with Crippen LogP contribution in [0, 0.1) is 5.92 Å². The third-order valence-electron chi connectivity index (χ3n) is 6.05. The van der Waals surface area contributed by atoms with E-state index in [1.165, 1.54) is 5.56 Å². The Balaban J connectivity index is 1.77. The van der Waals surface area contributed by atoms with Gasteiger partial charge in [-0.2, -0.15) is 0 Å². The first-order valence-corrected chi connectivity index (χ1v) is 12.7. The molecule has 0 fully saturated rings. The molecule has 192 valence electrons. The van der Waals surface area contributed by atoms with Gasteiger partial charge in [0.2, 0.25) is 5.91 Å². The second-order valence-corrected chi connectivity index (χ2v) is 9.78. The lowest BCUT2D eigenvalue weighted by atomic mass is 10.1. The molecule has 0 atom stereocenters. The van der Waals surface area contributed by atoms with Gasteiger partial charge in [0.05, 0.1) is 13.2 Å². The molecule has 7 heteroatoms. The fraction of sp³-hybridized carbons (Fsp3) is 0.379. The molecule has 0 bridgehead atoms. The van der Waals surface area contributed by atoms with Gasteiger partial charge in [-0.25, -0.2) is 0 Å². The largest absolute Gasteiger partial charge is 0.383 e. The predicted octanol–water partition coefficient (Wildman–Crippen LogP) is 5.35. The summed E-state index contributed by atoms with van der Waals surface area (Å²) in [7, 11) is 1.62. The molecule has 6 nitrogen and oxygen atoms in total. The highest BCUT2D eigenvalue weighted by Crippen LogP contribution is 2.16. The number of benzene rings is 2. The molecule has 1 aromatic heterocycles. The van der Waals surface area contributed by atoms with Crippen LogP contribution in [0.15, 0.2) is 72.9 Å². The van der Waals surface area contributed by atoms with Gasteiger partial charge in [0.15, 0.2) is 0 Å². The minimum absolute atomic E-state index is 0.00117. The van der Waals surface area contributed by atoms with Crippen LogP contribution in [-0.2, 0) is 22.6 Å². The van der Waals surface area contributed by atoms with E-state index in [0.29, 0.717) is 42.7 Å². The number of aromatic nitrogens is 1. The Bertz CT molecular complexity index is 1110. The summed E-state index contributed by atoms with van der Waals surface area (Å²) in [4.78, 5) is 30.3. The van der Waals surface area contributed by atoms with Gasteiger partial charge in [-0.15, -0.1) is 0 Å². The van der Waals surface area contributed by atoms with Crippen LogP contribution < -0.4 is 0 Å². The highest BCUT2D eigenvalue weighted by atomic mass is 35.5. The number of carbonyl (C=O) groups is 2. The van der Waals surface area contributed by atoms with Crippen LogP contribution in [0.3, 0.4) is 0 Å². The van der Waals surface area contributed by atoms with Crippen molar-refractivity contribution in [1.29, 1.82) is 0 Å². The van der Waals surface area contributed by atoms with Gasteiger partial charge in [0.1, 0.15) is 6.54 Å².